The molecule has 0 aromatic heterocycles. The second-order valence-corrected chi connectivity index (χ2v) is 20.7. The summed E-state index contributed by atoms with van der Waals surface area (Å²) >= 11 is 0. The van der Waals surface area contributed by atoms with Crippen LogP contribution in [0.5, 0.6) is 0 Å². The predicted octanol–water partition coefficient (Wildman–Crippen LogP) is 18.6. The first-order valence-corrected chi connectivity index (χ1v) is 30.1. The van der Waals surface area contributed by atoms with Gasteiger partial charge in [-0.05, 0) is 57.8 Å². The summed E-state index contributed by atoms with van der Waals surface area (Å²) in [4.78, 5) is 24.6. The third kappa shape index (κ3) is 53.5. The van der Waals surface area contributed by atoms with Crippen molar-refractivity contribution in [1.82, 2.24) is 5.32 Å². The highest BCUT2D eigenvalue weighted by Crippen LogP contribution is 2.17. The molecule has 6 nitrogen and oxygen atoms in total. The fourth-order valence-corrected chi connectivity index (χ4v) is 9.34. The molecule has 2 atom stereocenters. The van der Waals surface area contributed by atoms with E-state index in [4.69, 9.17) is 4.74 Å². The number of amides is 1. The lowest BCUT2D eigenvalue weighted by Gasteiger charge is -2.20. The monoisotopic (exact) mass is 944 g/mol. The van der Waals surface area contributed by atoms with Crippen LogP contribution >= 0.6 is 0 Å². The lowest BCUT2D eigenvalue weighted by molar-refractivity contribution is -0.143. The zero-order chi connectivity index (χ0) is 48.6. The molecule has 0 saturated heterocycles. The number of hydrogen-bond acceptors (Lipinski definition) is 5. The Morgan fingerprint density at radius 1 is 0.403 bits per heavy atom. The Kier molecular flexibility index (Phi) is 55.5. The fourth-order valence-electron chi connectivity index (χ4n) is 9.34. The molecule has 396 valence electrons. The Balaban J connectivity index is 3.49. The van der Waals surface area contributed by atoms with Crippen LogP contribution in [0.3, 0.4) is 0 Å². The molecule has 2 unspecified atom stereocenters. The largest absolute Gasteiger partial charge is 0.466 e. The molecule has 0 radical (unpaired) electrons. The van der Waals surface area contributed by atoms with Crippen LogP contribution in [-0.2, 0) is 14.3 Å². The Morgan fingerprint density at radius 2 is 0.701 bits per heavy atom. The first-order valence-electron chi connectivity index (χ1n) is 30.1. The van der Waals surface area contributed by atoms with E-state index in [1.807, 2.05) is 6.08 Å². The quantitative estimate of drug-likeness (QED) is 0.0321. The van der Waals surface area contributed by atoms with Crippen LogP contribution in [0.2, 0.25) is 0 Å². The Morgan fingerprint density at radius 3 is 1.06 bits per heavy atom. The van der Waals surface area contributed by atoms with Gasteiger partial charge in [-0.15, -0.1) is 0 Å². The molecular formula is C61H117NO5. The van der Waals surface area contributed by atoms with Gasteiger partial charge >= 0.3 is 5.97 Å². The number of allylic oxidation sites excluding steroid dienone is 3. The summed E-state index contributed by atoms with van der Waals surface area (Å²) in [6.07, 6.45) is 69.2. The maximum absolute atomic E-state index is 12.5. The molecule has 6 heteroatoms. The average Bonchev–Trinajstić information content (AvgIpc) is 3.33. The fraction of sp³-hybridized carbons (Fsp3) is 0.902. The van der Waals surface area contributed by atoms with E-state index in [0.29, 0.717) is 19.4 Å². The van der Waals surface area contributed by atoms with Crippen LogP contribution < -0.4 is 5.32 Å². The number of aliphatic hydroxyl groups excluding tert-OH is 2. The van der Waals surface area contributed by atoms with Crippen molar-refractivity contribution in [2.24, 2.45) is 0 Å². The second kappa shape index (κ2) is 56.9. The lowest BCUT2D eigenvalue weighted by Crippen LogP contribution is -2.45. The van der Waals surface area contributed by atoms with Gasteiger partial charge in [0.2, 0.25) is 5.91 Å². The molecule has 0 heterocycles. The summed E-state index contributed by atoms with van der Waals surface area (Å²) in [5.74, 6) is -0.111. The van der Waals surface area contributed by atoms with E-state index in [-0.39, 0.29) is 18.5 Å². The molecule has 0 aromatic rings. The number of esters is 1. The molecule has 0 saturated carbocycles. The van der Waals surface area contributed by atoms with Crippen LogP contribution in [0, 0.1) is 0 Å². The van der Waals surface area contributed by atoms with Gasteiger partial charge in [0.25, 0.3) is 0 Å². The molecule has 0 aliphatic heterocycles. The van der Waals surface area contributed by atoms with Crippen molar-refractivity contribution in [3.63, 3.8) is 0 Å². The molecule has 3 N–H and O–H groups in total. The minimum absolute atomic E-state index is 0.0229. The summed E-state index contributed by atoms with van der Waals surface area (Å²) in [5, 5.41) is 23.2. The van der Waals surface area contributed by atoms with Crippen molar-refractivity contribution in [3.05, 3.63) is 24.3 Å². The number of nitrogens with one attached hydrogen (secondary N) is 1. The van der Waals surface area contributed by atoms with Gasteiger partial charge in [0.15, 0.2) is 0 Å². The molecular weight excluding hydrogens is 827 g/mol. The molecule has 0 aliphatic carbocycles. The van der Waals surface area contributed by atoms with Crippen LogP contribution in [0.1, 0.15) is 328 Å². The zero-order valence-electron chi connectivity index (χ0n) is 45.1. The summed E-state index contributed by atoms with van der Waals surface area (Å²) in [5.41, 5.74) is 0. The van der Waals surface area contributed by atoms with Crippen LogP contribution in [0.25, 0.3) is 0 Å². The van der Waals surface area contributed by atoms with Gasteiger partial charge in [0, 0.05) is 12.8 Å². The van der Waals surface area contributed by atoms with Crippen molar-refractivity contribution < 1.29 is 24.5 Å². The zero-order valence-corrected chi connectivity index (χ0v) is 45.1. The van der Waals surface area contributed by atoms with Gasteiger partial charge in [-0.25, -0.2) is 0 Å². The van der Waals surface area contributed by atoms with Crippen molar-refractivity contribution in [2.45, 2.75) is 341 Å². The van der Waals surface area contributed by atoms with Crippen molar-refractivity contribution >= 4 is 11.9 Å². The number of unbranched alkanes of at least 4 members (excludes halogenated alkanes) is 43. The Labute approximate surface area is 418 Å². The predicted molar refractivity (Wildman–Crippen MR) is 292 cm³/mol. The third-order valence-electron chi connectivity index (χ3n) is 14.0. The van der Waals surface area contributed by atoms with E-state index in [1.165, 1.54) is 244 Å². The number of carbonyl (C=O) groups excluding carboxylic acids is 2. The average molecular weight is 945 g/mol. The Bertz CT molecular complexity index is 1040. The summed E-state index contributed by atoms with van der Waals surface area (Å²) in [7, 11) is 0. The summed E-state index contributed by atoms with van der Waals surface area (Å²) < 4.78 is 5.47. The molecule has 0 aliphatic rings. The third-order valence-corrected chi connectivity index (χ3v) is 14.0. The minimum Gasteiger partial charge on any atom is -0.466 e. The molecule has 1 amide bonds. The van der Waals surface area contributed by atoms with Crippen LogP contribution in [0.15, 0.2) is 24.3 Å². The van der Waals surface area contributed by atoms with Gasteiger partial charge in [-0.1, -0.05) is 282 Å². The lowest BCUT2D eigenvalue weighted by atomic mass is 10.0. The topological polar surface area (TPSA) is 95.9 Å². The highest BCUT2D eigenvalue weighted by Gasteiger charge is 2.18. The van der Waals surface area contributed by atoms with Crippen molar-refractivity contribution in [3.8, 4) is 0 Å². The highest BCUT2D eigenvalue weighted by molar-refractivity contribution is 5.76. The van der Waals surface area contributed by atoms with Crippen LogP contribution in [-0.4, -0.2) is 47.4 Å². The number of hydrogen-bond donors (Lipinski definition) is 3. The molecule has 0 fully saturated rings. The van der Waals surface area contributed by atoms with Gasteiger partial charge in [0.05, 0.1) is 25.4 Å². The van der Waals surface area contributed by atoms with E-state index in [2.05, 4.69) is 31.3 Å². The second-order valence-electron chi connectivity index (χ2n) is 20.7. The normalized spacial score (nSPS) is 12.7. The number of carbonyl (C=O) groups is 2. The molecule has 0 spiro atoms. The van der Waals surface area contributed by atoms with Crippen molar-refractivity contribution in [2.75, 3.05) is 13.2 Å². The first kappa shape index (κ1) is 65.3. The maximum Gasteiger partial charge on any atom is 0.305 e. The van der Waals surface area contributed by atoms with Gasteiger partial charge in [0.1, 0.15) is 0 Å². The molecule has 67 heavy (non-hydrogen) atoms. The van der Waals surface area contributed by atoms with Crippen molar-refractivity contribution in [1.29, 1.82) is 0 Å². The highest BCUT2D eigenvalue weighted by atomic mass is 16.5. The van der Waals surface area contributed by atoms with Gasteiger partial charge in [-0.2, -0.15) is 0 Å². The van der Waals surface area contributed by atoms with Crippen LogP contribution in [0.4, 0.5) is 0 Å². The first-order chi connectivity index (χ1) is 33.0. The number of ether oxygens (including phenoxy) is 1. The molecule has 0 bridgehead atoms. The number of rotatable bonds is 56. The maximum atomic E-state index is 12.5. The molecule has 0 rings (SSSR count). The van der Waals surface area contributed by atoms with E-state index in [9.17, 15) is 19.8 Å². The standard InChI is InChI=1S/C61H117NO5/c1-3-5-7-9-11-13-15-17-19-21-23-24-25-26-27-29-31-33-37-41-45-49-53-59(64)58(57-63)62-60(65)54-50-46-42-38-35-36-40-44-48-52-56-67-61(66)55-51-47-43-39-34-32-30-28-22-20-18-16-14-12-10-8-6-4-2/h20,22,49,53,58-59,63-64H,3-19,21,23-48,50-52,54-57H2,1-2H3,(H,62,65)/b22-20-,53-49+. The Hall–Kier alpha value is -1.66. The van der Waals surface area contributed by atoms with E-state index < -0.39 is 12.1 Å². The summed E-state index contributed by atoms with van der Waals surface area (Å²) in [6.45, 7) is 4.87. The van der Waals surface area contributed by atoms with E-state index in [1.54, 1.807) is 6.08 Å². The SMILES string of the molecule is CCCCCCCCC/C=C\CCCCCCCCCC(=O)OCCCCCCCCCCCCC(=O)NC(CO)C(O)/C=C/CCCCCCCCCCCCCCCCCCCCCC. The summed E-state index contributed by atoms with van der Waals surface area (Å²) in [6, 6.07) is -0.646. The van der Waals surface area contributed by atoms with E-state index in [0.717, 1.165) is 57.8 Å². The smallest absolute Gasteiger partial charge is 0.305 e. The molecule has 0 aromatic carbocycles. The van der Waals surface area contributed by atoms with Gasteiger partial charge < -0.3 is 20.3 Å². The van der Waals surface area contributed by atoms with E-state index >= 15 is 0 Å². The number of aliphatic hydroxyl groups is 2. The minimum atomic E-state index is -0.860. The van der Waals surface area contributed by atoms with Gasteiger partial charge in [-0.3, -0.25) is 9.59 Å².